The van der Waals surface area contributed by atoms with Gasteiger partial charge in [-0.25, -0.2) is 0 Å². The third-order valence-corrected chi connectivity index (χ3v) is 5.43. The lowest BCUT2D eigenvalue weighted by Gasteiger charge is -2.34. The van der Waals surface area contributed by atoms with Crippen molar-refractivity contribution < 1.29 is 18.7 Å². The van der Waals surface area contributed by atoms with Gasteiger partial charge in [0.2, 0.25) is 0 Å². The summed E-state index contributed by atoms with van der Waals surface area (Å²) in [6.07, 6.45) is 1.45. The van der Waals surface area contributed by atoms with Gasteiger partial charge in [-0.15, -0.1) is 0 Å². The number of piperazine rings is 1. The van der Waals surface area contributed by atoms with Crippen molar-refractivity contribution in [2.24, 2.45) is 0 Å². The second-order valence-corrected chi connectivity index (χ2v) is 7.65. The number of rotatable bonds is 7. The van der Waals surface area contributed by atoms with Crippen molar-refractivity contribution in [1.29, 1.82) is 0 Å². The van der Waals surface area contributed by atoms with Gasteiger partial charge in [0.05, 0.1) is 12.9 Å². The van der Waals surface area contributed by atoms with E-state index >= 15 is 0 Å². The molecule has 2 heterocycles. The molecule has 2 aromatic carbocycles. The number of ether oxygens (including phenoxy) is 1. The molecular formula is C25H27N3O4. The van der Waals surface area contributed by atoms with Crippen molar-refractivity contribution in [1.82, 2.24) is 9.80 Å². The van der Waals surface area contributed by atoms with Gasteiger partial charge in [0.1, 0.15) is 5.75 Å². The first-order chi connectivity index (χ1) is 15.6. The predicted octanol–water partition coefficient (Wildman–Crippen LogP) is 3.89. The first-order valence-corrected chi connectivity index (χ1v) is 10.8. The number of amides is 2. The summed E-state index contributed by atoms with van der Waals surface area (Å²) >= 11 is 0. The van der Waals surface area contributed by atoms with Gasteiger partial charge < -0.3 is 19.4 Å². The Bertz CT molecular complexity index is 1020. The van der Waals surface area contributed by atoms with Crippen LogP contribution in [0.4, 0.5) is 5.69 Å². The smallest absolute Gasteiger partial charge is 0.291 e. The molecule has 0 aliphatic carbocycles. The van der Waals surface area contributed by atoms with Crippen LogP contribution in [0.25, 0.3) is 0 Å². The van der Waals surface area contributed by atoms with Crippen LogP contribution in [0.1, 0.15) is 33.4 Å². The molecule has 0 unspecified atom stereocenters. The van der Waals surface area contributed by atoms with E-state index in [0.29, 0.717) is 30.9 Å². The second kappa shape index (κ2) is 10.2. The van der Waals surface area contributed by atoms with Crippen LogP contribution < -0.4 is 10.1 Å². The van der Waals surface area contributed by atoms with Gasteiger partial charge in [0.25, 0.3) is 11.8 Å². The van der Waals surface area contributed by atoms with Crippen LogP contribution in [0, 0.1) is 0 Å². The number of carbonyl (C=O) groups is 2. The van der Waals surface area contributed by atoms with Crippen molar-refractivity contribution in [3.8, 4) is 5.75 Å². The van der Waals surface area contributed by atoms with Crippen LogP contribution in [0.15, 0.2) is 71.3 Å². The summed E-state index contributed by atoms with van der Waals surface area (Å²) in [5, 5.41) is 2.76. The van der Waals surface area contributed by atoms with Crippen molar-refractivity contribution in [2.75, 3.05) is 38.1 Å². The molecule has 1 saturated heterocycles. The van der Waals surface area contributed by atoms with Crippen molar-refractivity contribution >= 4 is 17.5 Å². The lowest BCUT2D eigenvalue weighted by atomic mass is 10.1. The topological polar surface area (TPSA) is 75.0 Å². The molecule has 4 rings (SSSR count). The highest BCUT2D eigenvalue weighted by atomic mass is 16.5. The maximum Gasteiger partial charge on any atom is 0.291 e. The van der Waals surface area contributed by atoms with Crippen LogP contribution in [0.3, 0.4) is 0 Å². The van der Waals surface area contributed by atoms with E-state index in [4.69, 9.17) is 9.15 Å². The van der Waals surface area contributed by atoms with Crippen LogP contribution in [0.5, 0.6) is 5.75 Å². The zero-order valence-corrected chi connectivity index (χ0v) is 18.1. The molecule has 166 valence electrons. The fraction of sp³-hybridized carbons (Fsp3) is 0.280. The Hall–Kier alpha value is -3.58. The molecule has 1 N–H and O–H groups in total. The molecule has 0 radical (unpaired) electrons. The van der Waals surface area contributed by atoms with Crippen LogP contribution in [-0.4, -0.2) is 54.4 Å². The van der Waals surface area contributed by atoms with Crippen LogP contribution in [-0.2, 0) is 6.54 Å². The molecule has 1 aliphatic rings. The summed E-state index contributed by atoms with van der Waals surface area (Å²) in [7, 11) is 0. The van der Waals surface area contributed by atoms with Gasteiger partial charge in [-0.1, -0.05) is 12.1 Å². The van der Waals surface area contributed by atoms with E-state index in [1.807, 2.05) is 24.0 Å². The monoisotopic (exact) mass is 433 g/mol. The Kier molecular flexibility index (Phi) is 6.87. The molecule has 32 heavy (non-hydrogen) atoms. The fourth-order valence-electron chi connectivity index (χ4n) is 3.70. The molecular weight excluding hydrogens is 406 g/mol. The highest BCUT2D eigenvalue weighted by molar-refractivity contribution is 6.02. The van der Waals surface area contributed by atoms with E-state index in [1.165, 1.54) is 11.8 Å². The molecule has 2 amide bonds. The van der Waals surface area contributed by atoms with Gasteiger partial charge in [-0.2, -0.15) is 0 Å². The standard InChI is InChI=1S/C25H27N3O4/c1-2-31-22-11-5-19(6-12-22)18-27-13-15-28(16-14-27)25(30)20-7-9-21(10-8-20)26-24(29)23-4-3-17-32-23/h3-12,17H,2,13-16,18H2,1H3,(H,26,29). The molecule has 7 nitrogen and oxygen atoms in total. The second-order valence-electron chi connectivity index (χ2n) is 7.65. The van der Waals surface area contributed by atoms with Crippen LogP contribution in [0.2, 0.25) is 0 Å². The van der Waals surface area contributed by atoms with Crippen LogP contribution >= 0.6 is 0 Å². The number of nitrogens with zero attached hydrogens (tertiary/aromatic N) is 2. The molecule has 1 aliphatic heterocycles. The van der Waals surface area contributed by atoms with E-state index in [-0.39, 0.29) is 17.6 Å². The quantitative estimate of drug-likeness (QED) is 0.612. The Labute approximate surface area is 187 Å². The van der Waals surface area contributed by atoms with E-state index in [0.717, 1.165) is 25.4 Å². The number of hydrogen-bond acceptors (Lipinski definition) is 5. The van der Waals surface area contributed by atoms with Crippen molar-refractivity contribution in [3.05, 3.63) is 83.8 Å². The maximum atomic E-state index is 12.9. The fourth-order valence-corrected chi connectivity index (χ4v) is 3.70. The normalized spacial score (nSPS) is 14.2. The molecule has 0 saturated carbocycles. The minimum atomic E-state index is -0.322. The largest absolute Gasteiger partial charge is 0.494 e. The van der Waals surface area contributed by atoms with E-state index < -0.39 is 0 Å². The van der Waals surface area contributed by atoms with Gasteiger partial charge >= 0.3 is 0 Å². The predicted molar refractivity (Wildman–Crippen MR) is 122 cm³/mol. The Morgan fingerprint density at radius 1 is 0.969 bits per heavy atom. The summed E-state index contributed by atoms with van der Waals surface area (Å²) in [6, 6.07) is 18.4. The summed E-state index contributed by atoms with van der Waals surface area (Å²) in [5.74, 6) is 0.818. The zero-order valence-electron chi connectivity index (χ0n) is 18.1. The third-order valence-electron chi connectivity index (χ3n) is 5.43. The minimum absolute atomic E-state index is 0.00892. The molecule has 7 heteroatoms. The number of hydrogen-bond donors (Lipinski definition) is 1. The maximum absolute atomic E-state index is 12.9. The SMILES string of the molecule is CCOc1ccc(CN2CCN(C(=O)c3ccc(NC(=O)c4ccco4)cc3)CC2)cc1. The van der Waals surface area contributed by atoms with E-state index in [1.54, 1.807) is 36.4 Å². The average Bonchev–Trinajstić information content (AvgIpc) is 3.36. The third kappa shape index (κ3) is 5.36. The number of benzene rings is 2. The number of carbonyl (C=O) groups excluding carboxylic acids is 2. The molecule has 3 aromatic rings. The first kappa shape index (κ1) is 21.6. The minimum Gasteiger partial charge on any atom is -0.494 e. The number of anilines is 1. The van der Waals surface area contributed by atoms with Gasteiger partial charge in [-0.05, 0) is 61.0 Å². The molecule has 0 spiro atoms. The lowest BCUT2D eigenvalue weighted by Crippen LogP contribution is -2.48. The zero-order chi connectivity index (χ0) is 22.3. The number of nitrogens with one attached hydrogen (secondary N) is 1. The molecule has 0 atom stereocenters. The molecule has 1 aromatic heterocycles. The first-order valence-electron chi connectivity index (χ1n) is 10.8. The Morgan fingerprint density at radius 3 is 2.31 bits per heavy atom. The summed E-state index contributed by atoms with van der Waals surface area (Å²) in [6.45, 7) is 6.53. The van der Waals surface area contributed by atoms with Gasteiger partial charge in [0.15, 0.2) is 5.76 Å². The average molecular weight is 434 g/mol. The molecule has 0 bridgehead atoms. The van der Waals surface area contributed by atoms with Crippen molar-refractivity contribution in [2.45, 2.75) is 13.5 Å². The number of furan rings is 1. The molecule has 1 fully saturated rings. The highest BCUT2D eigenvalue weighted by Crippen LogP contribution is 2.17. The van der Waals surface area contributed by atoms with E-state index in [2.05, 4.69) is 22.3 Å². The Morgan fingerprint density at radius 2 is 1.69 bits per heavy atom. The lowest BCUT2D eigenvalue weighted by molar-refractivity contribution is 0.0628. The Balaban J connectivity index is 1.27. The summed E-state index contributed by atoms with van der Waals surface area (Å²) < 4.78 is 10.6. The van der Waals surface area contributed by atoms with Gasteiger partial charge in [0, 0.05) is 44.0 Å². The summed E-state index contributed by atoms with van der Waals surface area (Å²) in [5.41, 5.74) is 2.46. The highest BCUT2D eigenvalue weighted by Gasteiger charge is 2.22. The van der Waals surface area contributed by atoms with Gasteiger partial charge in [-0.3, -0.25) is 14.5 Å². The van der Waals surface area contributed by atoms with Crippen molar-refractivity contribution in [3.63, 3.8) is 0 Å². The summed E-state index contributed by atoms with van der Waals surface area (Å²) in [4.78, 5) is 29.2. The van der Waals surface area contributed by atoms with E-state index in [9.17, 15) is 9.59 Å².